The quantitative estimate of drug-likeness (QED) is 0.263. The topological polar surface area (TPSA) is 133 Å². The predicted molar refractivity (Wildman–Crippen MR) is 154 cm³/mol. The number of carbonyl (C=O) groups excluding carboxylic acids is 2. The van der Waals surface area contributed by atoms with E-state index < -0.39 is 22.0 Å². The van der Waals surface area contributed by atoms with Gasteiger partial charge in [0.05, 0.1) is 47.9 Å². The number of benzene rings is 2. The molecule has 4 aromatic rings. The van der Waals surface area contributed by atoms with Crippen molar-refractivity contribution in [1.29, 1.82) is 0 Å². The molecular formula is C29H33N5O6S. The fourth-order valence-electron chi connectivity index (χ4n) is 4.85. The molecule has 216 valence electrons. The van der Waals surface area contributed by atoms with Crippen molar-refractivity contribution in [2.24, 2.45) is 0 Å². The van der Waals surface area contributed by atoms with Crippen LogP contribution in [0.5, 0.6) is 0 Å². The van der Waals surface area contributed by atoms with Crippen LogP contribution in [-0.2, 0) is 39.0 Å². The summed E-state index contributed by atoms with van der Waals surface area (Å²) in [6.45, 7) is 3.57. The minimum atomic E-state index is -3.02. The Hall–Kier alpha value is -4.19. The third-order valence-corrected chi connectivity index (χ3v) is 8.80. The van der Waals surface area contributed by atoms with E-state index in [2.05, 4.69) is 14.9 Å². The molecular weight excluding hydrogens is 546 g/mol. The SMILES string of the molecule is CCN(Cc1nc2cnc3ccccc3c2n1CCCCOC(=O)NC1CS(=O)(=O)C1)C(=O)OCc1ccccc1. The minimum absolute atomic E-state index is 0.0457. The Kier molecular flexibility index (Phi) is 8.67. The Morgan fingerprint density at radius 3 is 2.54 bits per heavy atom. The molecule has 1 N–H and O–H groups in total. The number of pyridine rings is 1. The zero-order chi connectivity index (χ0) is 28.8. The number of hydrogen-bond acceptors (Lipinski definition) is 8. The summed E-state index contributed by atoms with van der Waals surface area (Å²) in [6, 6.07) is 17.0. The second-order valence-corrected chi connectivity index (χ2v) is 12.2. The summed E-state index contributed by atoms with van der Waals surface area (Å²) < 4.78 is 35.5. The van der Waals surface area contributed by atoms with Crippen LogP contribution in [0.15, 0.2) is 60.8 Å². The lowest BCUT2D eigenvalue weighted by Gasteiger charge is -2.26. The molecule has 0 unspecified atom stereocenters. The zero-order valence-electron chi connectivity index (χ0n) is 22.9. The smallest absolute Gasteiger partial charge is 0.410 e. The van der Waals surface area contributed by atoms with Crippen LogP contribution in [0.25, 0.3) is 21.9 Å². The molecule has 1 aliphatic heterocycles. The molecule has 2 aromatic heterocycles. The van der Waals surface area contributed by atoms with Crippen molar-refractivity contribution in [3.8, 4) is 0 Å². The molecule has 0 aliphatic carbocycles. The average molecular weight is 580 g/mol. The molecule has 1 aliphatic rings. The van der Waals surface area contributed by atoms with Crippen molar-refractivity contribution >= 4 is 44.0 Å². The van der Waals surface area contributed by atoms with E-state index in [1.807, 2.05) is 61.5 Å². The van der Waals surface area contributed by atoms with E-state index in [-0.39, 0.29) is 37.3 Å². The summed E-state index contributed by atoms with van der Waals surface area (Å²) in [6.07, 6.45) is 2.00. The van der Waals surface area contributed by atoms with Gasteiger partial charge in [-0.3, -0.25) is 4.98 Å². The van der Waals surface area contributed by atoms with Crippen molar-refractivity contribution < 1.29 is 27.5 Å². The molecule has 5 rings (SSSR count). The molecule has 12 heteroatoms. The van der Waals surface area contributed by atoms with Gasteiger partial charge in [-0.1, -0.05) is 48.5 Å². The number of para-hydroxylation sites is 1. The van der Waals surface area contributed by atoms with E-state index in [9.17, 15) is 18.0 Å². The maximum Gasteiger partial charge on any atom is 0.410 e. The molecule has 0 radical (unpaired) electrons. The average Bonchev–Trinajstić information content (AvgIpc) is 3.31. The standard InChI is InChI=1S/C29H33N5O6S/c1-2-33(29(36)40-18-21-10-4-3-5-11-21)17-26-32-25-16-30-24-13-7-6-12-23(24)27(25)34(26)14-8-9-15-39-28(35)31-22-19-41(37,38)20-22/h3-7,10-13,16,22H,2,8-9,14-15,17-20H2,1H3,(H,31,35). The zero-order valence-corrected chi connectivity index (χ0v) is 23.7. The molecule has 1 fully saturated rings. The normalized spacial score (nSPS) is 14.5. The van der Waals surface area contributed by atoms with Gasteiger partial charge in [-0.25, -0.2) is 23.0 Å². The Morgan fingerprint density at radius 1 is 1.02 bits per heavy atom. The lowest BCUT2D eigenvalue weighted by Crippen LogP contribution is -2.53. The van der Waals surface area contributed by atoms with Crippen LogP contribution >= 0.6 is 0 Å². The van der Waals surface area contributed by atoms with Crippen LogP contribution in [-0.4, -0.2) is 70.7 Å². The fourth-order valence-corrected chi connectivity index (χ4v) is 6.15. The second-order valence-electron chi connectivity index (χ2n) is 10.0. The summed E-state index contributed by atoms with van der Waals surface area (Å²) in [5, 5.41) is 3.54. The molecule has 0 atom stereocenters. The first-order valence-electron chi connectivity index (χ1n) is 13.6. The molecule has 3 heterocycles. The maximum atomic E-state index is 13.0. The lowest BCUT2D eigenvalue weighted by atomic mass is 10.2. The number of sulfone groups is 1. The van der Waals surface area contributed by atoms with Crippen LogP contribution in [0, 0.1) is 0 Å². The van der Waals surface area contributed by atoms with Crippen LogP contribution in [0.1, 0.15) is 31.2 Å². The number of fused-ring (bicyclic) bond motifs is 3. The number of rotatable bonds is 11. The number of ether oxygens (including phenoxy) is 2. The van der Waals surface area contributed by atoms with E-state index in [1.165, 1.54) is 0 Å². The highest BCUT2D eigenvalue weighted by atomic mass is 32.2. The number of nitrogens with zero attached hydrogens (tertiary/aromatic N) is 4. The van der Waals surface area contributed by atoms with Crippen LogP contribution in [0.2, 0.25) is 0 Å². The highest BCUT2D eigenvalue weighted by Crippen LogP contribution is 2.26. The number of imidazole rings is 1. The van der Waals surface area contributed by atoms with Gasteiger partial charge in [0.1, 0.15) is 17.9 Å². The first-order valence-corrected chi connectivity index (χ1v) is 15.5. The summed E-state index contributed by atoms with van der Waals surface area (Å²) in [4.78, 5) is 36.0. The van der Waals surface area contributed by atoms with Gasteiger partial charge in [0, 0.05) is 18.5 Å². The van der Waals surface area contributed by atoms with Crippen LogP contribution in [0.4, 0.5) is 9.59 Å². The van der Waals surface area contributed by atoms with E-state index in [4.69, 9.17) is 14.5 Å². The molecule has 0 bridgehead atoms. The van der Waals surface area contributed by atoms with Crippen molar-refractivity contribution in [3.05, 3.63) is 72.2 Å². The highest BCUT2D eigenvalue weighted by molar-refractivity contribution is 7.92. The number of unbranched alkanes of at least 4 members (excludes halogenated alkanes) is 1. The number of aryl methyl sites for hydroxylation is 1. The maximum absolute atomic E-state index is 13.0. The highest BCUT2D eigenvalue weighted by Gasteiger charge is 2.34. The molecule has 41 heavy (non-hydrogen) atoms. The van der Waals surface area contributed by atoms with Crippen LogP contribution < -0.4 is 5.32 Å². The number of amides is 2. The molecule has 0 saturated carbocycles. The number of hydrogen-bond donors (Lipinski definition) is 1. The van der Waals surface area contributed by atoms with E-state index in [1.54, 1.807) is 11.1 Å². The summed E-state index contributed by atoms with van der Waals surface area (Å²) in [5.41, 5.74) is 3.43. The Bertz CT molecular complexity index is 1630. The Morgan fingerprint density at radius 2 is 1.78 bits per heavy atom. The van der Waals surface area contributed by atoms with Gasteiger partial charge in [-0.05, 0) is 31.4 Å². The molecule has 2 amide bonds. The van der Waals surface area contributed by atoms with Gasteiger partial charge < -0.3 is 24.3 Å². The first kappa shape index (κ1) is 28.3. The van der Waals surface area contributed by atoms with Gasteiger partial charge in [0.2, 0.25) is 0 Å². The predicted octanol–water partition coefficient (Wildman–Crippen LogP) is 4.05. The third kappa shape index (κ3) is 6.94. The number of aromatic nitrogens is 3. The Balaban J connectivity index is 1.26. The molecule has 1 saturated heterocycles. The third-order valence-electron chi connectivity index (χ3n) is 6.98. The largest absolute Gasteiger partial charge is 0.450 e. The van der Waals surface area contributed by atoms with E-state index >= 15 is 0 Å². The number of alkyl carbamates (subject to hydrolysis) is 1. The first-order chi connectivity index (χ1) is 19.8. The molecule has 11 nitrogen and oxygen atoms in total. The molecule has 0 spiro atoms. The minimum Gasteiger partial charge on any atom is -0.450 e. The summed E-state index contributed by atoms with van der Waals surface area (Å²) in [7, 11) is -3.02. The fraction of sp³-hybridized carbons (Fsp3) is 0.379. The van der Waals surface area contributed by atoms with Gasteiger partial charge in [0.25, 0.3) is 0 Å². The van der Waals surface area contributed by atoms with Gasteiger partial charge >= 0.3 is 12.2 Å². The summed E-state index contributed by atoms with van der Waals surface area (Å²) in [5.74, 6) is 0.618. The molecule has 2 aromatic carbocycles. The van der Waals surface area contributed by atoms with Gasteiger partial charge in [-0.15, -0.1) is 0 Å². The summed E-state index contributed by atoms with van der Waals surface area (Å²) >= 11 is 0. The number of carbonyl (C=O) groups is 2. The monoisotopic (exact) mass is 579 g/mol. The van der Waals surface area contributed by atoms with Crippen molar-refractivity contribution in [2.45, 2.75) is 45.5 Å². The Labute approximate surface area is 238 Å². The van der Waals surface area contributed by atoms with Gasteiger partial charge in [0.15, 0.2) is 9.84 Å². The lowest BCUT2D eigenvalue weighted by molar-refractivity contribution is 0.0944. The second kappa shape index (κ2) is 12.5. The van der Waals surface area contributed by atoms with E-state index in [0.29, 0.717) is 31.8 Å². The van der Waals surface area contributed by atoms with Gasteiger partial charge in [-0.2, -0.15) is 0 Å². The van der Waals surface area contributed by atoms with Crippen molar-refractivity contribution in [3.63, 3.8) is 0 Å². The van der Waals surface area contributed by atoms with Crippen LogP contribution in [0.3, 0.4) is 0 Å². The van der Waals surface area contributed by atoms with Crippen molar-refractivity contribution in [1.82, 2.24) is 24.8 Å². The number of nitrogens with one attached hydrogen (secondary N) is 1. The van der Waals surface area contributed by atoms with Crippen molar-refractivity contribution in [2.75, 3.05) is 24.7 Å². The van der Waals surface area contributed by atoms with E-state index in [0.717, 1.165) is 27.5 Å².